The summed E-state index contributed by atoms with van der Waals surface area (Å²) in [4.78, 5) is 20.6. The Morgan fingerprint density at radius 1 is 1.28 bits per heavy atom. The van der Waals surface area contributed by atoms with Crippen molar-refractivity contribution < 1.29 is 9.53 Å². The lowest BCUT2D eigenvalue weighted by molar-refractivity contribution is -0.128. The van der Waals surface area contributed by atoms with E-state index in [4.69, 9.17) is 4.74 Å². The Morgan fingerprint density at radius 3 is 2.48 bits per heavy atom. The zero-order valence-corrected chi connectivity index (χ0v) is 17.7. The third-order valence-corrected chi connectivity index (χ3v) is 4.10. The van der Waals surface area contributed by atoms with Crippen LogP contribution in [-0.2, 0) is 11.3 Å². The molecule has 7 heteroatoms. The van der Waals surface area contributed by atoms with E-state index in [1.54, 1.807) is 7.11 Å². The number of carbonyl (C=O) groups is 1. The maximum atomic E-state index is 12.2. The topological polar surface area (TPSA) is 57.2 Å². The highest BCUT2D eigenvalue weighted by Crippen LogP contribution is 2.12. The van der Waals surface area contributed by atoms with Gasteiger partial charge in [-0.2, -0.15) is 0 Å². The normalized spacial score (nSPS) is 14.0. The number of amides is 1. The number of benzene rings is 1. The average Bonchev–Trinajstić information content (AvgIpc) is 3.13. The van der Waals surface area contributed by atoms with Crippen LogP contribution in [-0.4, -0.2) is 62.0 Å². The second-order valence-electron chi connectivity index (χ2n) is 5.96. The van der Waals surface area contributed by atoms with E-state index in [2.05, 4.69) is 10.3 Å². The molecule has 1 aliphatic heterocycles. The molecule has 0 saturated carbocycles. The molecule has 1 saturated heterocycles. The monoisotopic (exact) mass is 460 g/mol. The third-order valence-electron chi connectivity index (χ3n) is 4.10. The minimum atomic E-state index is 0. The van der Waals surface area contributed by atoms with Gasteiger partial charge in [-0.1, -0.05) is 12.1 Å². The largest absolute Gasteiger partial charge is 0.497 e. The van der Waals surface area contributed by atoms with Gasteiger partial charge in [0.15, 0.2) is 5.96 Å². The van der Waals surface area contributed by atoms with Crippen LogP contribution in [0.4, 0.5) is 0 Å². The van der Waals surface area contributed by atoms with E-state index in [0.29, 0.717) is 6.54 Å². The van der Waals surface area contributed by atoms with Gasteiger partial charge in [-0.25, -0.2) is 4.99 Å². The van der Waals surface area contributed by atoms with Crippen molar-refractivity contribution in [2.45, 2.75) is 26.3 Å². The summed E-state index contributed by atoms with van der Waals surface area (Å²) in [5, 5.41) is 3.25. The third kappa shape index (κ3) is 6.72. The highest BCUT2D eigenvalue weighted by molar-refractivity contribution is 14.0. The van der Waals surface area contributed by atoms with Gasteiger partial charge in [0.25, 0.3) is 0 Å². The van der Waals surface area contributed by atoms with E-state index in [0.717, 1.165) is 49.7 Å². The summed E-state index contributed by atoms with van der Waals surface area (Å²) in [7, 11) is 3.64. The van der Waals surface area contributed by atoms with Crippen LogP contribution in [0, 0.1) is 0 Å². The molecule has 1 N–H and O–H groups in total. The van der Waals surface area contributed by atoms with E-state index < -0.39 is 0 Å². The Kier molecular flexibility index (Phi) is 9.62. The first-order chi connectivity index (χ1) is 11.6. The number of halogens is 1. The number of rotatable bonds is 6. The molecule has 1 amide bonds. The fourth-order valence-electron chi connectivity index (χ4n) is 2.76. The summed E-state index contributed by atoms with van der Waals surface area (Å²) in [6.45, 7) is 5.45. The number of methoxy groups -OCH3 is 1. The summed E-state index contributed by atoms with van der Waals surface area (Å²) in [6, 6.07) is 7.97. The molecule has 1 aliphatic rings. The second-order valence-corrected chi connectivity index (χ2v) is 5.96. The van der Waals surface area contributed by atoms with Gasteiger partial charge in [-0.3, -0.25) is 4.79 Å². The zero-order chi connectivity index (χ0) is 17.4. The van der Waals surface area contributed by atoms with Crippen molar-refractivity contribution in [2.24, 2.45) is 4.99 Å². The lowest BCUT2D eigenvalue weighted by atomic mass is 10.2. The smallest absolute Gasteiger partial charge is 0.244 e. The van der Waals surface area contributed by atoms with Gasteiger partial charge in [0.2, 0.25) is 5.91 Å². The summed E-state index contributed by atoms with van der Waals surface area (Å²) in [6.07, 6.45) is 2.21. The van der Waals surface area contributed by atoms with Gasteiger partial charge in [0.1, 0.15) is 12.3 Å². The van der Waals surface area contributed by atoms with Crippen LogP contribution in [0.5, 0.6) is 5.75 Å². The molecule has 0 unspecified atom stereocenters. The molecule has 0 aromatic heterocycles. The van der Waals surface area contributed by atoms with E-state index in [9.17, 15) is 4.79 Å². The van der Waals surface area contributed by atoms with Crippen LogP contribution in [0.25, 0.3) is 0 Å². The molecule has 0 bridgehead atoms. The summed E-state index contributed by atoms with van der Waals surface area (Å²) < 4.78 is 5.18. The number of ether oxygens (including phenoxy) is 1. The number of nitrogens with zero attached hydrogens (tertiary/aromatic N) is 3. The molecular formula is C18H29IN4O2. The van der Waals surface area contributed by atoms with Gasteiger partial charge in [0, 0.05) is 33.2 Å². The highest BCUT2D eigenvalue weighted by Gasteiger charge is 2.17. The number of nitrogens with one attached hydrogen (secondary N) is 1. The molecule has 1 aromatic carbocycles. The molecule has 2 rings (SSSR count). The van der Waals surface area contributed by atoms with Crippen molar-refractivity contribution >= 4 is 35.8 Å². The van der Waals surface area contributed by atoms with Crippen molar-refractivity contribution in [3.05, 3.63) is 29.8 Å². The number of guanidine groups is 1. The van der Waals surface area contributed by atoms with E-state index in [1.165, 1.54) is 0 Å². The van der Waals surface area contributed by atoms with Crippen LogP contribution < -0.4 is 10.1 Å². The molecule has 140 valence electrons. The van der Waals surface area contributed by atoms with E-state index in [1.807, 2.05) is 48.0 Å². The van der Waals surface area contributed by atoms with Gasteiger partial charge >= 0.3 is 0 Å². The standard InChI is InChI=1S/C18H28N4O2.HI/c1-4-19-18(20-13-17(23)22-11-5-6-12-22)21(2)14-15-7-9-16(24-3)10-8-15;/h7-10H,4-6,11-14H2,1-3H3,(H,19,20);1H. The van der Waals surface area contributed by atoms with Crippen molar-refractivity contribution in [3.63, 3.8) is 0 Å². The summed E-state index contributed by atoms with van der Waals surface area (Å²) in [5.74, 6) is 1.71. The molecule has 0 atom stereocenters. The second kappa shape index (κ2) is 11.2. The SMILES string of the molecule is CCNC(=NCC(=O)N1CCCC1)N(C)Cc1ccc(OC)cc1.I. The Labute approximate surface area is 167 Å². The van der Waals surface area contributed by atoms with E-state index in [-0.39, 0.29) is 36.4 Å². The molecule has 0 radical (unpaired) electrons. The number of hydrogen-bond acceptors (Lipinski definition) is 3. The predicted molar refractivity (Wildman–Crippen MR) is 112 cm³/mol. The Hall–Kier alpha value is -1.51. The molecule has 0 spiro atoms. The molecule has 1 aromatic rings. The Balaban J connectivity index is 0.00000312. The fourth-order valence-corrected chi connectivity index (χ4v) is 2.76. The molecule has 25 heavy (non-hydrogen) atoms. The lowest BCUT2D eigenvalue weighted by Gasteiger charge is -2.22. The van der Waals surface area contributed by atoms with Crippen LogP contribution in [0.3, 0.4) is 0 Å². The highest BCUT2D eigenvalue weighted by atomic mass is 127. The fraction of sp³-hybridized carbons (Fsp3) is 0.556. The van der Waals surface area contributed by atoms with Crippen molar-refractivity contribution in [3.8, 4) is 5.75 Å². The average molecular weight is 460 g/mol. The minimum Gasteiger partial charge on any atom is -0.497 e. The van der Waals surface area contributed by atoms with Crippen LogP contribution in [0.1, 0.15) is 25.3 Å². The Morgan fingerprint density at radius 2 is 1.92 bits per heavy atom. The Bertz CT molecular complexity index is 557. The van der Waals surface area contributed by atoms with Gasteiger partial charge < -0.3 is 19.9 Å². The van der Waals surface area contributed by atoms with Crippen LogP contribution >= 0.6 is 24.0 Å². The zero-order valence-electron chi connectivity index (χ0n) is 15.3. The van der Waals surface area contributed by atoms with Crippen molar-refractivity contribution in [1.29, 1.82) is 0 Å². The maximum absolute atomic E-state index is 12.2. The molecular weight excluding hydrogens is 431 g/mol. The minimum absolute atomic E-state index is 0. The van der Waals surface area contributed by atoms with Gasteiger partial charge in [-0.15, -0.1) is 24.0 Å². The number of carbonyl (C=O) groups excluding carboxylic acids is 1. The maximum Gasteiger partial charge on any atom is 0.244 e. The van der Waals surface area contributed by atoms with Gasteiger partial charge in [0.05, 0.1) is 7.11 Å². The quantitative estimate of drug-likeness (QED) is 0.403. The predicted octanol–water partition coefficient (Wildman–Crippen LogP) is 2.33. The molecule has 1 heterocycles. The lowest BCUT2D eigenvalue weighted by Crippen LogP contribution is -2.39. The van der Waals surface area contributed by atoms with Gasteiger partial charge in [-0.05, 0) is 37.5 Å². The number of likely N-dealkylation sites (tertiary alicyclic amines) is 1. The first kappa shape index (κ1) is 21.5. The summed E-state index contributed by atoms with van der Waals surface area (Å²) >= 11 is 0. The van der Waals surface area contributed by atoms with Crippen LogP contribution in [0.2, 0.25) is 0 Å². The van der Waals surface area contributed by atoms with Crippen molar-refractivity contribution in [1.82, 2.24) is 15.1 Å². The van der Waals surface area contributed by atoms with Crippen LogP contribution in [0.15, 0.2) is 29.3 Å². The molecule has 1 fully saturated rings. The van der Waals surface area contributed by atoms with Crippen molar-refractivity contribution in [2.75, 3.05) is 40.3 Å². The first-order valence-electron chi connectivity index (χ1n) is 8.54. The number of aliphatic imine (C=N–C) groups is 1. The first-order valence-corrected chi connectivity index (χ1v) is 8.54. The molecule has 0 aliphatic carbocycles. The molecule has 6 nitrogen and oxygen atoms in total. The number of hydrogen-bond donors (Lipinski definition) is 1. The van der Waals surface area contributed by atoms with E-state index >= 15 is 0 Å². The summed E-state index contributed by atoms with van der Waals surface area (Å²) in [5.41, 5.74) is 1.16.